The molecule has 6 heteroatoms. The van der Waals surface area contributed by atoms with E-state index in [-0.39, 0.29) is 11.9 Å². The molecule has 98 valence electrons. The van der Waals surface area contributed by atoms with Crippen LogP contribution in [0.25, 0.3) is 0 Å². The summed E-state index contributed by atoms with van der Waals surface area (Å²) in [5.74, 6) is 0.0806. The molecule has 3 unspecified atom stereocenters. The number of piperidine rings is 1. The number of carbonyl (C=O) groups excluding carboxylic acids is 2. The van der Waals surface area contributed by atoms with E-state index in [2.05, 4.69) is 17.1 Å². The van der Waals surface area contributed by atoms with Crippen LogP contribution in [0.5, 0.6) is 0 Å². The fourth-order valence-electron chi connectivity index (χ4n) is 2.32. The summed E-state index contributed by atoms with van der Waals surface area (Å²) in [5, 5.41) is 2.12. The van der Waals surface area contributed by atoms with Crippen molar-refractivity contribution in [2.45, 2.75) is 38.8 Å². The maximum absolute atomic E-state index is 11.7. The van der Waals surface area contributed by atoms with Crippen LogP contribution in [-0.4, -0.2) is 42.0 Å². The number of amides is 3. The number of imide groups is 1. The number of nitrogens with two attached hydrogens (primary N) is 2. The van der Waals surface area contributed by atoms with E-state index in [0.717, 1.165) is 19.4 Å². The van der Waals surface area contributed by atoms with Crippen LogP contribution in [-0.2, 0) is 4.79 Å². The highest BCUT2D eigenvalue weighted by molar-refractivity contribution is 5.96. The van der Waals surface area contributed by atoms with Gasteiger partial charge < -0.3 is 11.5 Å². The van der Waals surface area contributed by atoms with E-state index in [0.29, 0.717) is 18.5 Å². The second kappa shape index (κ2) is 5.97. The highest BCUT2D eigenvalue weighted by Crippen LogP contribution is 2.23. The van der Waals surface area contributed by atoms with Gasteiger partial charge in [-0.05, 0) is 39.2 Å². The van der Waals surface area contributed by atoms with Crippen molar-refractivity contribution < 1.29 is 9.59 Å². The lowest BCUT2D eigenvalue weighted by atomic mass is 9.92. The average Bonchev–Trinajstić information content (AvgIpc) is 2.28. The Morgan fingerprint density at radius 3 is 2.65 bits per heavy atom. The molecular formula is C11H22N4O2. The molecule has 1 saturated heterocycles. The molecule has 1 aliphatic rings. The summed E-state index contributed by atoms with van der Waals surface area (Å²) >= 11 is 0. The van der Waals surface area contributed by atoms with Crippen LogP contribution in [0.4, 0.5) is 4.79 Å². The summed E-state index contributed by atoms with van der Waals surface area (Å²) in [6.45, 7) is 5.30. The van der Waals surface area contributed by atoms with E-state index in [1.165, 1.54) is 0 Å². The van der Waals surface area contributed by atoms with Crippen LogP contribution >= 0.6 is 0 Å². The third-order valence-electron chi connectivity index (χ3n) is 3.48. The molecule has 6 nitrogen and oxygen atoms in total. The SMILES string of the molecule is CC1CCC(CN)CN1C(C)C(=O)NC(N)=O. The molecular weight excluding hydrogens is 220 g/mol. The van der Waals surface area contributed by atoms with Gasteiger partial charge in [0.2, 0.25) is 5.91 Å². The number of urea groups is 1. The Hall–Kier alpha value is -1.14. The zero-order chi connectivity index (χ0) is 13.0. The zero-order valence-corrected chi connectivity index (χ0v) is 10.5. The van der Waals surface area contributed by atoms with Crippen LogP contribution < -0.4 is 16.8 Å². The quantitative estimate of drug-likeness (QED) is 0.628. The van der Waals surface area contributed by atoms with Crippen LogP contribution in [0.3, 0.4) is 0 Å². The van der Waals surface area contributed by atoms with Gasteiger partial charge in [0.05, 0.1) is 6.04 Å². The number of hydrogen-bond donors (Lipinski definition) is 3. The molecule has 0 aliphatic carbocycles. The van der Waals surface area contributed by atoms with Crippen LogP contribution in [0.2, 0.25) is 0 Å². The first-order valence-corrected chi connectivity index (χ1v) is 6.01. The van der Waals surface area contributed by atoms with Gasteiger partial charge in [0, 0.05) is 12.6 Å². The van der Waals surface area contributed by atoms with Crippen molar-refractivity contribution >= 4 is 11.9 Å². The number of nitrogens with zero attached hydrogens (tertiary/aromatic N) is 1. The molecule has 1 heterocycles. The van der Waals surface area contributed by atoms with Gasteiger partial charge in [-0.15, -0.1) is 0 Å². The molecule has 0 aromatic rings. The Morgan fingerprint density at radius 1 is 1.47 bits per heavy atom. The summed E-state index contributed by atoms with van der Waals surface area (Å²) in [4.78, 5) is 24.4. The molecule has 3 amide bonds. The predicted octanol–water partition coefficient (Wildman–Crippen LogP) is -0.371. The van der Waals surface area contributed by atoms with Crippen molar-refractivity contribution in [3.63, 3.8) is 0 Å². The summed E-state index contributed by atoms with van der Waals surface area (Å²) in [6, 6.07) is -0.833. The Morgan fingerprint density at radius 2 is 2.12 bits per heavy atom. The number of nitrogens with one attached hydrogen (secondary N) is 1. The number of likely N-dealkylation sites (tertiary alicyclic amines) is 1. The zero-order valence-electron chi connectivity index (χ0n) is 10.5. The third-order valence-corrected chi connectivity index (χ3v) is 3.48. The predicted molar refractivity (Wildman–Crippen MR) is 65.1 cm³/mol. The molecule has 1 rings (SSSR count). The van der Waals surface area contributed by atoms with E-state index in [1.54, 1.807) is 6.92 Å². The summed E-state index contributed by atoms with van der Waals surface area (Å²) in [5.41, 5.74) is 10.6. The number of carbonyl (C=O) groups is 2. The van der Waals surface area contributed by atoms with Gasteiger partial charge in [-0.1, -0.05) is 0 Å². The van der Waals surface area contributed by atoms with Crippen LogP contribution in [0.1, 0.15) is 26.7 Å². The van der Waals surface area contributed by atoms with Gasteiger partial charge in [-0.25, -0.2) is 4.79 Å². The molecule has 0 aromatic heterocycles. The lowest BCUT2D eigenvalue weighted by Crippen LogP contribution is -2.54. The molecule has 0 spiro atoms. The minimum absolute atomic E-state index is 0.325. The number of rotatable bonds is 3. The molecule has 3 atom stereocenters. The largest absolute Gasteiger partial charge is 0.351 e. The smallest absolute Gasteiger partial charge is 0.318 e. The van der Waals surface area contributed by atoms with Crippen molar-refractivity contribution in [1.82, 2.24) is 10.2 Å². The van der Waals surface area contributed by atoms with Gasteiger partial charge in [-0.2, -0.15) is 0 Å². The van der Waals surface area contributed by atoms with Crippen molar-refractivity contribution in [1.29, 1.82) is 0 Å². The van der Waals surface area contributed by atoms with Crippen molar-refractivity contribution in [3.05, 3.63) is 0 Å². The second-order valence-electron chi connectivity index (χ2n) is 4.75. The molecule has 0 radical (unpaired) electrons. The normalized spacial score (nSPS) is 27.5. The van der Waals surface area contributed by atoms with E-state index in [1.807, 2.05) is 0 Å². The first kappa shape index (κ1) is 13.9. The Bertz CT molecular complexity index is 295. The van der Waals surface area contributed by atoms with E-state index in [4.69, 9.17) is 11.5 Å². The van der Waals surface area contributed by atoms with Gasteiger partial charge in [-0.3, -0.25) is 15.0 Å². The lowest BCUT2D eigenvalue weighted by Gasteiger charge is -2.40. The van der Waals surface area contributed by atoms with Gasteiger partial charge >= 0.3 is 6.03 Å². The number of hydrogen-bond acceptors (Lipinski definition) is 4. The first-order valence-electron chi connectivity index (χ1n) is 6.01. The second-order valence-corrected chi connectivity index (χ2v) is 4.75. The van der Waals surface area contributed by atoms with Crippen LogP contribution in [0, 0.1) is 5.92 Å². The Balaban J connectivity index is 2.62. The average molecular weight is 242 g/mol. The minimum Gasteiger partial charge on any atom is -0.351 e. The topological polar surface area (TPSA) is 101 Å². The highest BCUT2D eigenvalue weighted by atomic mass is 16.2. The molecule has 1 aliphatic heterocycles. The molecule has 0 aromatic carbocycles. The van der Waals surface area contributed by atoms with Crippen LogP contribution in [0.15, 0.2) is 0 Å². The van der Waals surface area contributed by atoms with E-state index >= 15 is 0 Å². The Kier molecular flexibility index (Phi) is 4.89. The molecule has 0 saturated carbocycles. The fourth-order valence-corrected chi connectivity index (χ4v) is 2.32. The van der Waals surface area contributed by atoms with Gasteiger partial charge in [0.15, 0.2) is 0 Å². The number of primary amides is 1. The standard InChI is InChI=1S/C11H22N4O2/c1-7-3-4-9(5-12)6-15(7)8(2)10(16)14-11(13)17/h7-9H,3-6,12H2,1-2H3,(H3,13,14,16,17). The maximum Gasteiger partial charge on any atom is 0.318 e. The molecule has 5 N–H and O–H groups in total. The highest BCUT2D eigenvalue weighted by Gasteiger charge is 2.31. The van der Waals surface area contributed by atoms with E-state index < -0.39 is 6.03 Å². The first-order chi connectivity index (χ1) is 7.95. The monoisotopic (exact) mass is 242 g/mol. The minimum atomic E-state index is -0.804. The summed E-state index contributed by atoms with van der Waals surface area (Å²) in [6.07, 6.45) is 2.12. The third kappa shape index (κ3) is 3.67. The van der Waals surface area contributed by atoms with Crippen molar-refractivity contribution in [2.24, 2.45) is 17.4 Å². The van der Waals surface area contributed by atoms with Gasteiger partial charge in [0.1, 0.15) is 0 Å². The molecule has 17 heavy (non-hydrogen) atoms. The summed E-state index contributed by atoms with van der Waals surface area (Å²) in [7, 11) is 0. The van der Waals surface area contributed by atoms with Crippen molar-refractivity contribution in [2.75, 3.05) is 13.1 Å². The summed E-state index contributed by atoms with van der Waals surface area (Å²) < 4.78 is 0. The van der Waals surface area contributed by atoms with Gasteiger partial charge in [0.25, 0.3) is 0 Å². The molecule has 1 fully saturated rings. The maximum atomic E-state index is 11.7. The Labute approximate surface area is 102 Å². The molecule has 0 bridgehead atoms. The lowest BCUT2D eigenvalue weighted by molar-refractivity contribution is -0.126. The van der Waals surface area contributed by atoms with Crippen molar-refractivity contribution in [3.8, 4) is 0 Å². The fraction of sp³-hybridized carbons (Fsp3) is 0.818. The van der Waals surface area contributed by atoms with E-state index in [9.17, 15) is 9.59 Å².